The summed E-state index contributed by atoms with van der Waals surface area (Å²) < 4.78 is 0. The van der Waals surface area contributed by atoms with Crippen LogP contribution >= 0.6 is 25.3 Å². The van der Waals surface area contributed by atoms with E-state index in [0.717, 1.165) is 0 Å². The smallest absolute Gasteiger partial charge is 0.223 e. The van der Waals surface area contributed by atoms with E-state index in [1.165, 1.54) is 5.41 Å². The molecule has 0 fully saturated rings. The Morgan fingerprint density at radius 1 is 1.83 bits per heavy atom. The SMILES string of the molecule is [C-]#[N+]/C(S)=C/S. The predicted octanol–water partition coefficient (Wildman–Crippen LogP) is 1.56. The molecule has 0 bridgehead atoms. The molecule has 0 aliphatic carbocycles. The van der Waals surface area contributed by atoms with Crippen LogP contribution in [0.4, 0.5) is 0 Å². The van der Waals surface area contributed by atoms with Gasteiger partial charge in [-0.1, -0.05) is 0 Å². The van der Waals surface area contributed by atoms with Crippen LogP contribution in [0.15, 0.2) is 10.4 Å². The maximum atomic E-state index is 6.24. The maximum Gasteiger partial charge on any atom is 0.223 e. The summed E-state index contributed by atoms with van der Waals surface area (Å²) in [7, 11) is 0. The van der Waals surface area contributed by atoms with E-state index in [2.05, 4.69) is 30.1 Å². The molecule has 0 unspecified atom stereocenters. The first-order chi connectivity index (χ1) is 2.81. The topological polar surface area (TPSA) is 4.36 Å². The normalized spacial score (nSPS) is 10.5. The molecular weight excluding hydrogens is 114 g/mol. The first-order valence-corrected chi connectivity index (χ1v) is 2.18. The van der Waals surface area contributed by atoms with Gasteiger partial charge in [0.2, 0.25) is 5.03 Å². The minimum absolute atomic E-state index is 0.318. The van der Waals surface area contributed by atoms with Crippen LogP contribution in [-0.4, -0.2) is 0 Å². The molecule has 0 N–H and O–H groups in total. The second kappa shape index (κ2) is 3.13. The fraction of sp³-hybridized carbons (Fsp3) is 0. The lowest BCUT2D eigenvalue weighted by Gasteiger charge is -1.70. The van der Waals surface area contributed by atoms with Crippen LogP contribution < -0.4 is 0 Å². The van der Waals surface area contributed by atoms with Gasteiger partial charge < -0.3 is 0 Å². The van der Waals surface area contributed by atoms with Gasteiger partial charge >= 0.3 is 0 Å². The molecule has 0 aliphatic rings. The highest BCUT2D eigenvalue weighted by Gasteiger charge is 1.73. The van der Waals surface area contributed by atoms with E-state index in [9.17, 15) is 0 Å². The molecule has 1 nitrogen and oxygen atoms in total. The molecule has 3 heteroatoms. The lowest BCUT2D eigenvalue weighted by Crippen LogP contribution is -1.44. The van der Waals surface area contributed by atoms with Crippen molar-refractivity contribution in [2.45, 2.75) is 0 Å². The summed E-state index contributed by atoms with van der Waals surface area (Å²) in [5.74, 6) is 0. The molecule has 32 valence electrons. The first kappa shape index (κ1) is 5.93. The maximum absolute atomic E-state index is 6.24. The van der Waals surface area contributed by atoms with Crippen LogP contribution in [0.3, 0.4) is 0 Å². The Labute approximate surface area is 47.7 Å². The van der Waals surface area contributed by atoms with Crippen molar-refractivity contribution in [3.63, 3.8) is 0 Å². The average Bonchev–Trinajstić information content (AvgIpc) is 1.65. The number of rotatable bonds is 0. The summed E-state index contributed by atoms with van der Waals surface area (Å²) in [6.07, 6.45) is 0. The molecule has 0 amide bonds. The van der Waals surface area contributed by atoms with Crippen molar-refractivity contribution in [2.24, 2.45) is 0 Å². The first-order valence-electron chi connectivity index (χ1n) is 1.22. The summed E-state index contributed by atoms with van der Waals surface area (Å²) in [4.78, 5) is 2.91. The molecule has 6 heavy (non-hydrogen) atoms. The zero-order chi connectivity index (χ0) is 4.99. The predicted molar refractivity (Wildman–Crippen MR) is 32.7 cm³/mol. The zero-order valence-electron chi connectivity index (χ0n) is 2.92. The van der Waals surface area contributed by atoms with Crippen LogP contribution in [0.2, 0.25) is 0 Å². The Morgan fingerprint density at radius 2 is 2.33 bits per heavy atom. The standard InChI is InChI=1S/C3H3NS2/c1-4-3(6)2-5/h2,5-6H/b3-2-. The molecule has 0 aliphatic heterocycles. The number of nitrogens with zero attached hydrogens (tertiary/aromatic N) is 1. The van der Waals surface area contributed by atoms with Crippen molar-refractivity contribution in [3.8, 4) is 0 Å². The summed E-state index contributed by atoms with van der Waals surface area (Å²) in [6.45, 7) is 6.24. The van der Waals surface area contributed by atoms with E-state index in [1.54, 1.807) is 0 Å². The van der Waals surface area contributed by atoms with Gasteiger partial charge in [-0.05, 0) is 5.41 Å². The molecule has 0 heterocycles. The Balaban J connectivity index is 3.61. The monoisotopic (exact) mass is 117 g/mol. The van der Waals surface area contributed by atoms with Gasteiger partial charge in [-0.15, -0.1) is 0 Å². The quantitative estimate of drug-likeness (QED) is 0.350. The molecule has 0 aromatic carbocycles. The molecule has 0 radical (unpaired) electrons. The van der Waals surface area contributed by atoms with E-state index in [0.29, 0.717) is 5.03 Å². The number of hydrogen-bond donors (Lipinski definition) is 2. The van der Waals surface area contributed by atoms with Gasteiger partial charge in [0.15, 0.2) is 0 Å². The van der Waals surface area contributed by atoms with Crippen LogP contribution in [0.5, 0.6) is 0 Å². The van der Waals surface area contributed by atoms with Crippen molar-refractivity contribution >= 4 is 25.3 Å². The Bertz CT molecular complexity index is 99.9. The third-order valence-electron chi connectivity index (χ3n) is 0.230. The van der Waals surface area contributed by atoms with E-state index < -0.39 is 0 Å². The van der Waals surface area contributed by atoms with Gasteiger partial charge in [-0.25, -0.2) is 4.85 Å². The van der Waals surface area contributed by atoms with Crippen molar-refractivity contribution in [3.05, 3.63) is 21.9 Å². The minimum Gasteiger partial charge on any atom is -0.231 e. The van der Waals surface area contributed by atoms with Crippen LogP contribution in [0, 0.1) is 6.57 Å². The molecule has 0 saturated carbocycles. The lowest BCUT2D eigenvalue weighted by atomic mass is 11.0. The highest BCUT2D eigenvalue weighted by molar-refractivity contribution is 7.88. The third-order valence-corrected chi connectivity index (χ3v) is 0.907. The van der Waals surface area contributed by atoms with Gasteiger partial charge in [0.25, 0.3) is 0 Å². The Hall–Kier alpha value is -0.0700. The van der Waals surface area contributed by atoms with Crippen molar-refractivity contribution in [1.82, 2.24) is 0 Å². The average molecular weight is 117 g/mol. The van der Waals surface area contributed by atoms with Gasteiger partial charge in [-0.3, -0.25) is 0 Å². The fourth-order valence-electron chi connectivity index (χ4n) is 0.0289. The van der Waals surface area contributed by atoms with Crippen LogP contribution in [0.1, 0.15) is 0 Å². The van der Waals surface area contributed by atoms with E-state index >= 15 is 0 Å². The molecule has 0 aromatic rings. The summed E-state index contributed by atoms with van der Waals surface area (Å²) in [5, 5.41) is 1.66. The van der Waals surface area contributed by atoms with Crippen LogP contribution in [0.25, 0.3) is 4.85 Å². The minimum atomic E-state index is 0.318. The largest absolute Gasteiger partial charge is 0.231 e. The summed E-state index contributed by atoms with van der Waals surface area (Å²) in [5.41, 5.74) is 0. The van der Waals surface area contributed by atoms with E-state index in [-0.39, 0.29) is 0 Å². The van der Waals surface area contributed by atoms with Crippen LogP contribution in [-0.2, 0) is 0 Å². The van der Waals surface area contributed by atoms with E-state index in [4.69, 9.17) is 6.57 Å². The molecular formula is C3H3NS2. The third kappa shape index (κ3) is 2.18. The van der Waals surface area contributed by atoms with Gasteiger partial charge in [0.1, 0.15) is 0 Å². The fourth-order valence-corrected chi connectivity index (χ4v) is 0.0866. The van der Waals surface area contributed by atoms with Gasteiger partial charge in [0, 0.05) is 0 Å². The molecule has 0 saturated heterocycles. The Morgan fingerprint density at radius 3 is 2.33 bits per heavy atom. The van der Waals surface area contributed by atoms with Crippen molar-refractivity contribution in [2.75, 3.05) is 0 Å². The second-order valence-electron chi connectivity index (χ2n) is 0.599. The summed E-state index contributed by atoms with van der Waals surface area (Å²) in [6, 6.07) is 0. The molecule has 0 atom stereocenters. The molecule has 0 rings (SSSR count). The number of thiol groups is 2. The van der Waals surface area contributed by atoms with Gasteiger partial charge in [0.05, 0.1) is 6.57 Å². The Kier molecular flexibility index (Phi) is 3.10. The highest BCUT2D eigenvalue weighted by Crippen LogP contribution is 2.00. The molecule has 0 aromatic heterocycles. The van der Waals surface area contributed by atoms with Gasteiger partial charge in [-0.2, -0.15) is 25.3 Å². The second-order valence-corrected chi connectivity index (χ2v) is 1.32. The number of hydrogen-bond acceptors (Lipinski definition) is 2. The highest BCUT2D eigenvalue weighted by atomic mass is 32.1. The van der Waals surface area contributed by atoms with Crippen molar-refractivity contribution in [1.29, 1.82) is 0 Å². The molecule has 0 spiro atoms. The zero-order valence-corrected chi connectivity index (χ0v) is 4.71. The van der Waals surface area contributed by atoms with Crippen molar-refractivity contribution < 1.29 is 0 Å². The van der Waals surface area contributed by atoms with E-state index in [1.807, 2.05) is 0 Å². The lowest BCUT2D eigenvalue weighted by molar-refractivity contribution is 2.02. The summed E-state index contributed by atoms with van der Waals surface area (Å²) >= 11 is 7.30.